The third-order valence-corrected chi connectivity index (χ3v) is 3.94. The van der Waals surface area contributed by atoms with Crippen molar-refractivity contribution in [2.45, 2.75) is 12.9 Å². The Kier molecular flexibility index (Phi) is 4.79. The Bertz CT molecular complexity index is 689. The van der Waals surface area contributed by atoms with Crippen LogP contribution in [0.15, 0.2) is 30.5 Å². The van der Waals surface area contributed by atoms with Crippen LogP contribution in [0, 0.1) is 0 Å². The number of carbonyl (C=O) groups is 1. The Morgan fingerprint density at radius 3 is 2.83 bits per heavy atom. The normalized spacial score (nSPS) is 15.1. The molecule has 23 heavy (non-hydrogen) atoms. The number of carbonyl (C=O) groups excluding carboxylic acids is 1. The number of nitrogens with one attached hydrogen (secondary N) is 1. The number of rotatable bonds is 5. The van der Waals surface area contributed by atoms with Gasteiger partial charge in [-0.05, 0) is 12.1 Å². The molecule has 1 amide bonds. The van der Waals surface area contributed by atoms with E-state index in [0.29, 0.717) is 23.1 Å². The first-order valence-electron chi connectivity index (χ1n) is 6.67. The summed E-state index contributed by atoms with van der Waals surface area (Å²) in [5.74, 6) is -0.583. The maximum atomic E-state index is 12.4. The molecule has 0 spiro atoms. The monoisotopic (exact) mass is 342 g/mol. The second-order valence-electron chi connectivity index (χ2n) is 4.47. The Balaban J connectivity index is 1.72. The van der Waals surface area contributed by atoms with Gasteiger partial charge < -0.3 is 19.5 Å². The number of aromatic nitrogens is 1. The summed E-state index contributed by atoms with van der Waals surface area (Å²) in [7, 11) is 0. The fraction of sp³-hybridized carbons (Fsp3) is 0.286. The van der Waals surface area contributed by atoms with Crippen LogP contribution in [0.1, 0.15) is 21.0 Å². The predicted molar refractivity (Wildman–Crippen MR) is 77.8 cm³/mol. The molecule has 1 aliphatic heterocycles. The summed E-state index contributed by atoms with van der Waals surface area (Å²) < 4.78 is 39.7. The van der Waals surface area contributed by atoms with Gasteiger partial charge in [0.1, 0.15) is 15.6 Å². The molecular formula is C14H12F2N2O4S. The lowest BCUT2D eigenvalue weighted by Gasteiger charge is -2.10. The first kappa shape index (κ1) is 15.8. The van der Waals surface area contributed by atoms with Gasteiger partial charge in [-0.15, -0.1) is 11.3 Å². The van der Waals surface area contributed by atoms with Gasteiger partial charge in [0.05, 0.1) is 25.1 Å². The zero-order valence-corrected chi connectivity index (χ0v) is 12.5. The van der Waals surface area contributed by atoms with Gasteiger partial charge in [0.25, 0.3) is 5.91 Å². The summed E-state index contributed by atoms with van der Waals surface area (Å²) in [6, 6.07) is 5.96. The predicted octanol–water partition coefficient (Wildman–Crippen LogP) is 3.04. The summed E-state index contributed by atoms with van der Waals surface area (Å²) in [4.78, 5) is 16.6. The standard InChI is InChI=1S/C14H12F2N2O4S/c15-14(16)22-9-4-2-1-3-8(9)18-11(19)10-7-17-12(23-10)13-20-5-6-21-13/h1-4,7,13-14H,5-6H2,(H,18,19). The lowest BCUT2D eigenvalue weighted by Crippen LogP contribution is -2.12. The molecule has 0 atom stereocenters. The topological polar surface area (TPSA) is 69.7 Å². The number of hydrogen-bond donors (Lipinski definition) is 1. The molecule has 0 bridgehead atoms. The molecule has 1 aromatic carbocycles. The van der Waals surface area contributed by atoms with E-state index in [-0.39, 0.29) is 11.4 Å². The molecule has 0 aliphatic carbocycles. The highest BCUT2D eigenvalue weighted by atomic mass is 32.1. The average Bonchev–Trinajstić information content (AvgIpc) is 3.19. The quantitative estimate of drug-likeness (QED) is 0.904. The van der Waals surface area contributed by atoms with Crippen molar-refractivity contribution in [3.05, 3.63) is 40.3 Å². The molecule has 0 saturated carbocycles. The number of ether oxygens (including phenoxy) is 3. The molecule has 9 heteroatoms. The van der Waals surface area contributed by atoms with Crippen molar-refractivity contribution < 1.29 is 27.8 Å². The van der Waals surface area contributed by atoms with E-state index in [1.165, 1.54) is 24.4 Å². The molecule has 6 nitrogen and oxygen atoms in total. The maximum absolute atomic E-state index is 12.4. The van der Waals surface area contributed by atoms with Gasteiger partial charge in [0.15, 0.2) is 0 Å². The third kappa shape index (κ3) is 3.81. The summed E-state index contributed by atoms with van der Waals surface area (Å²) in [5.41, 5.74) is 0.154. The molecule has 1 aromatic heterocycles. The van der Waals surface area contributed by atoms with Gasteiger partial charge in [-0.2, -0.15) is 8.78 Å². The van der Waals surface area contributed by atoms with E-state index < -0.39 is 18.8 Å². The highest BCUT2D eigenvalue weighted by Gasteiger charge is 2.23. The second-order valence-corrected chi connectivity index (χ2v) is 5.53. The van der Waals surface area contributed by atoms with Crippen LogP contribution in [0.4, 0.5) is 14.5 Å². The largest absolute Gasteiger partial charge is 0.433 e. The van der Waals surface area contributed by atoms with Crippen LogP contribution in [-0.2, 0) is 9.47 Å². The highest BCUT2D eigenvalue weighted by molar-refractivity contribution is 7.13. The minimum absolute atomic E-state index is 0.108. The fourth-order valence-corrected chi connectivity index (χ4v) is 2.77. The van der Waals surface area contributed by atoms with E-state index in [0.717, 1.165) is 11.3 Å². The number of hydrogen-bond acceptors (Lipinski definition) is 6. The minimum Gasteiger partial charge on any atom is -0.433 e. The van der Waals surface area contributed by atoms with E-state index in [1.807, 2.05) is 0 Å². The Hall–Kier alpha value is -2.10. The van der Waals surface area contributed by atoms with Crippen LogP contribution >= 0.6 is 11.3 Å². The molecule has 1 fully saturated rings. The summed E-state index contributed by atoms with van der Waals surface area (Å²) in [5, 5.41) is 3.06. The average molecular weight is 342 g/mol. The Morgan fingerprint density at radius 2 is 2.09 bits per heavy atom. The first-order valence-corrected chi connectivity index (χ1v) is 7.49. The van der Waals surface area contributed by atoms with Crippen LogP contribution < -0.4 is 10.1 Å². The van der Waals surface area contributed by atoms with Crippen molar-refractivity contribution in [2.24, 2.45) is 0 Å². The summed E-state index contributed by atoms with van der Waals surface area (Å²) in [6.45, 7) is -2.02. The molecule has 2 heterocycles. The number of thiazole rings is 1. The van der Waals surface area contributed by atoms with E-state index in [2.05, 4.69) is 15.0 Å². The van der Waals surface area contributed by atoms with Gasteiger partial charge in [0, 0.05) is 0 Å². The van der Waals surface area contributed by atoms with E-state index in [4.69, 9.17) is 9.47 Å². The van der Waals surface area contributed by atoms with Crippen molar-refractivity contribution in [1.82, 2.24) is 4.98 Å². The molecule has 0 unspecified atom stereocenters. The third-order valence-electron chi connectivity index (χ3n) is 2.92. The lowest BCUT2D eigenvalue weighted by atomic mass is 10.3. The van der Waals surface area contributed by atoms with Gasteiger partial charge in [-0.25, -0.2) is 4.98 Å². The van der Waals surface area contributed by atoms with Crippen LogP contribution in [0.25, 0.3) is 0 Å². The SMILES string of the molecule is O=C(Nc1ccccc1OC(F)F)c1cnc(C2OCCO2)s1. The van der Waals surface area contributed by atoms with Gasteiger partial charge in [-0.1, -0.05) is 12.1 Å². The summed E-state index contributed by atoms with van der Waals surface area (Å²) >= 11 is 1.12. The number of halogens is 2. The van der Waals surface area contributed by atoms with Gasteiger partial charge in [0.2, 0.25) is 6.29 Å². The van der Waals surface area contributed by atoms with Crippen molar-refractivity contribution in [2.75, 3.05) is 18.5 Å². The zero-order chi connectivity index (χ0) is 16.2. The van der Waals surface area contributed by atoms with Crippen LogP contribution in [0.2, 0.25) is 0 Å². The van der Waals surface area contributed by atoms with Gasteiger partial charge in [-0.3, -0.25) is 4.79 Å². The highest BCUT2D eigenvalue weighted by Crippen LogP contribution is 2.29. The van der Waals surface area contributed by atoms with Crippen LogP contribution in [0.3, 0.4) is 0 Å². The molecule has 3 rings (SSSR count). The number of para-hydroxylation sites is 2. The number of nitrogens with zero attached hydrogens (tertiary/aromatic N) is 1. The van der Waals surface area contributed by atoms with Gasteiger partial charge >= 0.3 is 6.61 Å². The second kappa shape index (κ2) is 6.99. The molecule has 1 aliphatic rings. The van der Waals surface area contributed by atoms with Crippen molar-refractivity contribution >= 4 is 22.9 Å². The van der Waals surface area contributed by atoms with E-state index >= 15 is 0 Å². The van der Waals surface area contributed by atoms with Crippen LogP contribution in [-0.4, -0.2) is 30.7 Å². The molecule has 0 radical (unpaired) electrons. The molecule has 2 aromatic rings. The maximum Gasteiger partial charge on any atom is 0.387 e. The van der Waals surface area contributed by atoms with Crippen molar-refractivity contribution in [1.29, 1.82) is 0 Å². The van der Waals surface area contributed by atoms with E-state index in [1.54, 1.807) is 6.07 Å². The van der Waals surface area contributed by atoms with Crippen LogP contribution in [0.5, 0.6) is 5.75 Å². The smallest absolute Gasteiger partial charge is 0.387 e. The zero-order valence-electron chi connectivity index (χ0n) is 11.7. The number of benzene rings is 1. The van der Waals surface area contributed by atoms with E-state index in [9.17, 15) is 13.6 Å². The summed E-state index contributed by atoms with van der Waals surface area (Å²) in [6.07, 6.45) is 0.827. The minimum atomic E-state index is -2.97. The number of anilines is 1. The first-order chi connectivity index (χ1) is 11.1. The van der Waals surface area contributed by atoms with Crippen molar-refractivity contribution in [3.8, 4) is 5.75 Å². The molecular weight excluding hydrogens is 330 g/mol. The van der Waals surface area contributed by atoms with Crippen molar-refractivity contribution in [3.63, 3.8) is 0 Å². The molecule has 122 valence electrons. The molecule has 1 saturated heterocycles. The lowest BCUT2D eigenvalue weighted by molar-refractivity contribution is -0.0494. The Morgan fingerprint density at radius 1 is 1.35 bits per heavy atom. The number of alkyl halides is 2. The Labute approximate surface area is 134 Å². The fourth-order valence-electron chi connectivity index (χ4n) is 1.96. The number of amides is 1. The molecule has 1 N–H and O–H groups in total.